The molecule has 0 aromatic heterocycles. The zero-order valence-corrected chi connectivity index (χ0v) is 13.7. The summed E-state index contributed by atoms with van der Waals surface area (Å²) in [6.45, 7) is 7.31. The summed E-state index contributed by atoms with van der Waals surface area (Å²) in [6.07, 6.45) is 1.41. The van der Waals surface area contributed by atoms with Crippen molar-refractivity contribution in [1.82, 2.24) is 4.90 Å². The predicted molar refractivity (Wildman–Crippen MR) is 80.1 cm³/mol. The van der Waals surface area contributed by atoms with Gasteiger partial charge in [-0.25, -0.2) is 4.79 Å². The zero-order chi connectivity index (χ0) is 16.0. The van der Waals surface area contributed by atoms with E-state index in [0.29, 0.717) is 12.8 Å². The Hall–Kier alpha value is -1.24. The van der Waals surface area contributed by atoms with Gasteiger partial charge in [-0.15, -0.1) is 0 Å². The number of carbonyl (C=O) groups excluding carboxylic acids is 3. The molecular formula is C14H22N2O4S. The summed E-state index contributed by atoms with van der Waals surface area (Å²) in [5.74, 6) is -0.0819. The number of likely N-dealkylation sites (tertiary alicyclic amines) is 1. The van der Waals surface area contributed by atoms with Crippen molar-refractivity contribution in [3.8, 4) is 0 Å². The number of nitrogens with two attached hydrogens (primary N) is 1. The molecule has 2 aliphatic rings. The Morgan fingerprint density at radius 3 is 2.52 bits per heavy atom. The maximum atomic E-state index is 12.5. The van der Waals surface area contributed by atoms with Crippen LogP contribution in [0.3, 0.4) is 0 Å². The van der Waals surface area contributed by atoms with E-state index < -0.39 is 27.7 Å². The molecule has 6 nitrogen and oxygen atoms in total. The summed E-state index contributed by atoms with van der Waals surface area (Å²) >= 11 is 0.849. The van der Waals surface area contributed by atoms with E-state index in [9.17, 15) is 14.4 Å². The van der Waals surface area contributed by atoms with E-state index in [1.165, 1.54) is 0 Å². The lowest BCUT2D eigenvalue weighted by atomic mass is 9.73. The van der Waals surface area contributed by atoms with Gasteiger partial charge >= 0.3 is 6.09 Å². The van der Waals surface area contributed by atoms with E-state index in [1.807, 2.05) is 6.92 Å². The van der Waals surface area contributed by atoms with Crippen molar-refractivity contribution >= 4 is 28.9 Å². The fourth-order valence-electron chi connectivity index (χ4n) is 3.13. The molecule has 1 spiro atoms. The van der Waals surface area contributed by atoms with E-state index in [4.69, 9.17) is 10.5 Å². The smallest absolute Gasteiger partial charge is 0.411 e. The molecule has 0 radical (unpaired) electrons. The third-order valence-corrected chi connectivity index (χ3v) is 4.90. The van der Waals surface area contributed by atoms with Gasteiger partial charge in [0.15, 0.2) is 5.78 Å². The van der Waals surface area contributed by atoms with Gasteiger partial charge in [-0.1, -0.05) is 11.8 Å². The quantitative estimate of drug-likeness (QED) is 0.802. The first-order valence-corrected chi connectivity index (χ1v) is 7.97. The zero-order valence-electron chi connectivity index (χ0n) is 12.8. The van der Waals surface area contributed by atoms with E-state index in [2.05, 4.69) is 0 Å². The van der Waals surface area contributed by atoms with Crippen LogP contribution in [0, 0.1) is 0 Å². The summed E-state index contributed by atoms with van der Waals surface area (Å²) in [4.78, 5) is 37.4. The minimum Gasteiger partial charge on any atom is -0.444 e. The highest BCUT2D eigenvalue weighted by atomic mass is 32.2. The van der Waals surface area contributed by atoms with Crippen molar-refractivity contribution in [3.63, 3.8) is 0 Å². The molecule has 0 bridgehead atoms. The second-order valence-corrected chi connectivity index (χ2v) is 7.97. The molecule has 0 aromatic rings. The molecule has 1 aliphatic carbocycles. The molecule has 2 rings (SSSR count). The summed E-state index contributed by atoms with van der Waals surface area (Å²) in [7, 11) is 0. The van der Waals surface area contributed by atoms with Crippen LogP contribution >= 0.6 is 11.8 Å². The van der Waals surface area contributed by atoms with Crippen molar-refractivity contribution < 1.29 is 19.1 Å². The fraction of sp³-hybridized carbons (Fsp3) is 0.786. The summed E-state index contributed by atoms with van der Waals surface area (Å²) in [5.41, 5.74) is 3.72. The van der Waals surface area contributed by atoms with Crippen molar-refractivity contribution in [2.24, 2.45) is 5.73 Å². The van der Waals surface area contributed by atoms with Crippen LogP contribution in [-0.2, 0) is 9.53 Å². The number of nitrogens with zero attached hydrogens (tertiary/aromatic N) is 1. The first kappa shape index (κ1) is 16.1. The minimum absolute atomic E-state index is 0.0386. The van der Waals surface area contributed by atoms with Crippen LogP contribution in [0.1, 0.15) is 47.0 Å². The number of Topliss-reactive ketones (excluding diaryl/α,β-unsaturated/α-hetero) is 1. The van der Waals surface area contributed by atoms with E-state index >= 15 is 0 Å². The predicted octanol–water partition coefficient (Wildman–Crippen LogP) is 2.30. The van der Waals surface area contributed by atoms with Crippen molar-refractivity contribution in [2.75, 3.05) is 0 Å². The molecule has 2 fully saturated rings. The summed E-state index contributed by atoms with van der Waals surface area (Å²) in [6, 6.07) is -0.0386. The highest BCUT2D eigenvalue weighted by Crippen LogP contribution is 2.49. The molecule has 7 heteroatoms. The minimum atomic E-state index is -0.797. The number of thioether (sulfide) groups is 1. The molecule has 2 amide bonds. The molecular weight excluding hydrogens is 292 g/mol. The highest BCUT2D eigenvalue weighted by Gasteiger charge is 2.63. The normalized spacial score (nSPS) is 32.2. The van der Waals surface area contributed by atoms with Crippen LogP contribution in [-0.4, -0.2) is 44.4 Å². The van der Waals surface area contributed by atoms with Gasteiger partial charge in [0.25, 0.3) is 5.24 Å². The largest absolute Gasteiger partial charge is 0.444 e. The fourth-order valence-corrected chi connectivity index (χ4v) is 4.10. The average Bonchev–Trinajstić information content (AvgIpc) is 2.65. The Balaban J connectivity index is 2.15. The Morgan fingerprint density at radius 2 is 2.05 bits per heavy atom. The number of hydrogen-bond donors (Lipinski definition) is 1. The Bertz CT molecular complexity index is 488. The highest BCUT2D eigenvalue weighted by molar-refractivity contribution is 8.14. The van der Waals surface area contributed by atoms with Gasteiger partial charge in [-0.2, -0.15) is 0 Å². The van der Waals surface area contributed by atoms with Crippen LogP contribution < -0.4 is 5.73 Å². The second kappa shape index (κ2) is 5.19. The lowest BCUT2D eigenvalue weighted by Crippen LogP contribution is -2.67. The molecule has 118 valence electrons. The number of rotatable bonds is 1. The van der Waals surface area contributed by atoms with Crippen LogP contribution in [0.4, 0.5) is 9.59 Å². The second-order valence-electron chi connectivity index (χ2n) is 6.76. The maximum absolute atomic E-state index is 12.5. The van der Waals surface area contributed by atoms with Gasteiger partial charge in [-0.3, -0.25) is 14.5 Å². The SMILES string of the molecule is CC1CCC2(C[C@@H](SC(N)=O)C2=O)N1C(=O)OC(C)(C)C. The number of amides is 2. The van der Waals surface area contributed by atoms with Crippen LogP contribution in [0.2, 0.25) is 0 Å². The number of hydrogen-bond acceptors (Lipinski definition) is 5. The van der Waals surface area contributed by atoms with E-state index in [1.54, 1.807) is 25.7 Å². The first-order chi connectivity index (χ1) is 9.57. The summed E-state index contributed by atoms with van der Waals surface area (Å²) < 4.78 is 5.42. The number of carbonyl (C=O) groups is 3. The monoisotopic (exact) mass is 314 g/mol. The Labute approximate surface area is 128 Å². The lowest BCUT2D eigenvalue weighted by Gasteiger charge is -2.48. The van der Waals surface area contributed by atoms with Crippen molar-refractivity contribution in [3.05, 3.63) is 0 Å². The molecule has 2 N–H and O–H groups in total. The van der Waals surface area contributed by atoms with Crippen LogP contribution in [0.15, 0.2) is 0 Å². The van der Waals surface area contributed by atoms with Gasteiger partial charge in [-0.05, 0) is 47.0 Å². The Morgan fingerprint density at radius 1 is 1.43 bits per heavy atom. The van der Waals surface area contributed by atoms with Gasteiger partial charge < -0.3 is 10.5 Å². The third kappa shape index (κ3) is 2.88. The van der Waals surface area contributed by atoms with Crippen LogP contribution in [0.25, 0.3) is 0 Å². The first-order valence-electron chi connectivity index (χ1n) is 7.09. The molecule has 3 atom stereocenters. The van der Waals surface area contributed by atoms with Gasteiger partial charge in [0.1, 0.15) is 11.1 Å². The van der Waals surface area contributed by atoms with Gasteiger partial charge in [0.2, 0.25) is 0 Å². The van der Waals surface area contributed by atoms with Crippen LogP contribution in [0.5, 0.6) is 0 Å². The van der Waals surface area contributed by atoms with Gasteiger partial charge in [0, 0.05) is 6.04 Å². The topological polar surface area (TPSA) is 89.7 Å². The molecule has 1 saturated heterocycles. The molecule has 1 saturated carbocycles. The van der Waals surface area contributed by atoms with Crippen molar-refractivity contribution in [2.45, 2.75) is 69.4 Å². The standard InChI is InChI=1S/C14H22N2O4S/c1-8-5-6-14(7-9(10(14)17)21-11(15)18)16(8)12(19)20-13(2,3)4/h8-9H,5-7H2,1-4H3,(H2,15,18)/t8?,9-,14?/m1/s1. The summed E-state index contributed by atoms with van der Waals surface area (Å²) in [5, 5.41) is -0.990. The molecule has 0 aromatic carbocycles. The Kier molecular flexibility index (Phi) is 3.99. The average molecular weight is 314 g/mol. The molecule has 1 aliphatic heterocycles. The third-order valence-electron chi connectivity index (χ3n) is 4.00. The van der Waals surface area contributed by atoms with E-state index in [-0.39, 0.29) is 11.8 Å². The molecule has 21 heavy (non-hydrogen) atoms. The van der Waals surface area contributed by atoms with E-state index in [0.717, 1.165) is 18.2 Å². The molecule has 2 unspecified atom stereocenters. The maximum Gasteiger partial charge on any atom is 0.411 e. The number of ether oxygens (including phenoxy) is 1. The number of primary amides is 1. The number of ketones is 1. The van der Waals surface area contributed by atoms with Crippen molar-refractivity contribution in [1.29, 1.82) is 0 Å². The lowest BCUT2D eigenvalue weighted by molar-refractivity contribution is -0.138. The molecule has 1 heterocycles. The van der Waals surface area contributed by atoms with Gasteiger partial charge in [0.05, 0.1) is 5.25 Å².